The molecule has 0 unspecified atom stereocenters. The summed E-state index contributed by atoms with van der Waals surface area (Å²) in [6.07, 6.45) is 4.46. The van der Waals surface area contributed by atoms with Crippen LogP contribution < -0.4 is 5.32 Å². The normalized spacial score (nSPS) is 20.5. The SMILES string of the molecule is CNCC1(N(C)C=O)CCC1. The number of carbonyl (C=O) groups is 1. The van der Waals surface area contributed by atoms with Crippen LogP contribution in [0.2, 0.25) is 0 Å². The Morgan fingerprint density at radius 2 is 2.27 bits per heavy atom. The van der Waals surface area contributed by atoms with E-state index in [2.05, 4.69) is 5.32 Å². The summed E-state index contributed by atoms with van der Waals surface area (Å²) in [5.74, 6) is 0. The zero-order valence-electron chi connectivity index (χ0n) is 7.26. The van der Waals surface area contributed by atoms with Crippen molar-refractivity contribution < 1.29 is 4.79 Å². The molecule has 0 saturated heterocycles. The number of likely N-dealkylation sites (N-methyl/N-ethyl adjacent to an activating group) is 2. The molecule has 1 fully saturated rings. The van der Waals surface area contributed by atoms with Crippen molar-refractivity contribution in [2.45, 2.75) is 24.8 Å². The predicted molar refractivity (Wildman–Crippen MR) is 44.3 cm³/mol. The Balaban J connectivity index is 2.51. The standard InChI is InChI=1S/C8H16N2O/c1-9-6-8(4-3-5-8)10(2)7-11/h7,9H,3-6H2,1-2H3. The van der Waals surface area contributed by atoms with Crippen molar-refractivity contribution in [3.8, 4) is 0 Å². The van der Waals surface area contributed by atoms with E-state index in [9.17, 15) is 4.79 Å². The fourth-order valence-electron chi connectivity index (χ4n) is 1.68. The van der Waals surface area contributed by atoms with Crippen molar-refractivity contribution in [3.05, 3.63) is 0 Å². The fraction of sp³-hybridized carbons (Fsp3) is 0.875. The second-order valence-electron chi connectivity index (χ2n) is 3.32. The van der Waals surface area contributed by atoms with E-state index in [1.807, 2.05) is 14.1 Å². The minimum Gasteiger partial charge on any atom is -0.341 e. The van der Waals surface area contributed by atoms with E-state index >= 15 is 0 Å². The first-order valence-electron chi connectivity index (χ1n) is 4.08. The van der Waals surface area contributed by atoms with Gasteiger partial charge in [-0.2, -0.15) is 0 Å². The number of nitrogens with one attached hydrogen (secondary N) is 1. The molecular weight excluding hydrogens is 140 g/mol. The molecule has 0 aromatic rings. The number of hydrogen-bond acceptors (Lipinski definition) is 2. The molecule has 64 valence electrons. The number of amides is 1. The van der Waals surface area contributed by atoms with Crippen molar-refractivity contribution in [1.82, 2.24) is 10.2 Å². The van der Waals surface area contributed by atoms with E-state index in [1.165, 1.54) is 6.42 Å². The van der Waals surface area contributed by atoms with Gasteiger partial charge in [0, 0.05) is 13.6 Å². The van der Waals surface area contributed by atoms with E-state index in [0.717, 1.165) is 25.8 Å². The summed E-state index contributed by atoms with van der Waals surface area (Å²) >= 11 is 0. The Morgan fingerprint density at radius 1 is 1.64 bits per heavy atom. The topological polar surface area (TPSA) is 32.3 Å². The van der Waals surface area contributed by atoms with Crippen molar-refractivity contribution >= 4 is 6.41 Å². The lowest BCUT2D eigenvalue weighted by molar-refractivity contribution is -0.125. The van der Waals surface area contributed by atoms with Crippen molar-refractivity contribution in [2.24, 2.45) is 0 Å². The smallest absolute Gasteiger partial charge is 0.209 e. The maximum atomic E-state index is 10.5. The van der Waals surface area contributed by atoms with Crippen LogP contribution in [0.15, 0.2) is 0 Å². The highest BCUT2D eigenvalue weighted by Gasteiger charge is 2.39. The average Bonchev–Trinajstić information content (AvgIpc) is 1.95. The van der Waals surface area contributed by atoms with Gasteiger partial charge < -0.3 is 10.2 Å². The third-order valence-corrected chi connectivity index (χ3v) is 2.70. The van der Waals surface area contributed by atoms with Crippen LogP contribution in [0.1, 0.15) is 19.3 Å². The molecule has 0 radical (unpaired) electrons. The Labute approximate surface area is 67.8 Å². The van der Waals surface area contributed by atoms with E-state index < -0.39 is 0 Å². The minimum atomic E-state index is 0.135. The lowest BCUT2D eigenvalue weighted by atomic mass is 9.75. The van der Waals surface area contributed by atoms with Crippen LogP contribution in [0.5, 0.6) is 0 Å². The minimum absolute atomic E-state index is 0.135. The Bertz CT molecular complexity index is 143. The van der Waals surface area contributed by atoms with Gasteiger partial charge in [-0.05, 0) is 26.3 Å². The molecule has 0 bridgehead atoms. The van der Waals surface area contributed by atoms with Gasteiger partial charge in [0.05, 0.1) is 5.54 Å². The van der Waals surface area contributed by atoms with Crippen LogP contribution in [0.25, 0.3) is 0 Å². The van der Waals surface area contributed by atoms with Gasteiger partial charge in [0.15, 0.2) is 0 Å². The first-order chi connectivity index (χ1) is 5.25. The summed E-state index contributed by atoms with van der Waals surface area (Å²) in [6, 6.07) is 0. The van der Waals surface area contributed by atoms with Crippen LogP contribution in [0, 0.1) is 0 Å². The molecule has 1 N–H and O–H groups in total. The molecule has 1 aliphatic rings. The second kappa shape index (κ2) is 3.22. The van der Waals surface area contributed by atoms with Crippen LogP contribution in [0.4, 0.5) is 0 Å². The van der Waals surface area contributed by atoms with Crippen LogP contribution in [-0.2, 0) is 4.79 Å². The highest BCUT2D eigenvalue weighted by Crippen LogP contribution is 2.35. The second-order valence-corrected chi connectivity index (χ2v) is 3.32. The van der Waals surface area contributed by atoms with E-state index in [0.29, 0.717) is 0 Å². The third-order valence-electron chi connectivity index (χ3n) is 2.70. The number of rotatable bonds is 4. The third kappa shape index (κ3) is 1.38. The van der Waals surface area contributed by atoms with Crippen molar-refractivity contribution in [1.29, 1.82) is 0 Å². The molecule has 3 heteroatoms. The summed E-state index contributed by atoms with van der Waals surface area (Å²) < 4.78 is 0. The average molecular weight is 156 g/mol. The number of hydrogen-bond donors (Lipinski definition) is 1. The molecule has 11 heavy (non-hydrogen) atoms. The van der Waals surface area contributed by atoms with Gasteiger partial charge in [-0.25, -0.2) is 0 Å². The van der Waals surface area contributed by atoms with E-state index in [-0.39, 0.29) is 5.54 Å². The monoisotopic (exact) mass is 156 g/mol. The van der Waals surface area contributed by atoms with E-state index in [1.54, 1.807) is 4.90 Å². The molecular formula is C8H16N2O. The van der Waals surface area contributed by atoms with Gasteiger partial charge in [0.25, 0.3) is 0 Å². The molecule has 0 spiro atoms. The number of nitrogens with zero attached hydrogens (tertiary/aromatic N) is 1. The Hall–Kier alpha value is -0.570. The molecule has 3 nitrogen and oxygen atoms in total. The molecule has 1 rings (SSSR count). The van der Waals surface area contributed by atoms with Gasteiger partial charge in [-0.15, -0.1) is 0 Å². The maximum absolute atomic E-state index is 10.5. The van der Waals surface area contributed by atoms with Gasteiger partial charge in [-0.1, -0.05) is 0 Å². The summed E-state index contributed by atoms with van der Waals surface area (Å²) in [7, 11) is 3.79. The highest BCUT2D eigenvalue weighted by atomic mass is 16.1. The van der Waals surface area contributed by atoms with Crippen molar-refractivity contribution in [3.63, 3.8) is 0 Å². The summed E-state index contributed by atoms with van der Waals surface area (Å²) in [5, 5.41) is 3.13. The predicted octanol–water partition coefficient (Wildman–Crippen LogP) is 0.217. The largest absolute Gasteiger partial charge is 0.341 e. The highest BCUT2D eigenvalue weighted by molar-refractivity contribution is 5.49. The van der Waals surface area contributed by atoms with Gasteiger partial charge in [0.2, 0.25) is 6.41 Å². The first-order valence-corrected chi connectivity index (χ1v) is 4.08. The molecule has 1 saturated carbocycles. The molecule has 0 heterocycles. The van der Waals surface area contributed by atoms with Gasteiger partial charge in [-0.3, -0.25) is 4.79 Å². The fourth-order valence-corrected chi connectivity index (χ4v) is 1.68. The molecule has 0 aromatic heterocycles. The molecule has 0 aliphatic heterocycles. The molecule has 1 aliphatic carbocycles. The van der Waals surface area contributed by atoms with Gasteiger partial charge in [0.1, 0.15) is 0 Å². The molecule has 1 amide bonds. The zero-order valence-corrected chi connectivity index (χ0v) is 7.26. The lowest BCUT2D eigenvalue weighted by Crippen LogP contribution is -2.56. The Kier molecular flexibility index (Phi) is 2.49. The zero-order chi connectivity index (χ0) is 8.32. The van der Waals surface area contributed by atoms with Crippen molar-refractivity contribution in [2.75, 3.05) is 20.6 Å². The van der Waals surface area contributed by atoms with E-state index in [4.69, 9.17) is 0 Å². The Morgan fingerprint density at radius 3 is 2.55 bits per heavy atom. The summed E-state index contributed by atoms with van der Waals surface area (Å²) in [5.41, 5.74) is 0.135. The lowest BCUT2D eigenvalue weighted by Gasteiger charge is -2.47. The first kappa shape index (κ1) is 8.53. The molecule has 0 atom stereocenters. The number of carbonyl (C=O) groups excluding carboxylic acids is 1. The van der Waals surface area contributed by atoms with Crippen LogP contribution in [0.3, 0.4) is 0 Å². The van der Waals surface area contributed by atoms with Crippen LogP contribution in [-0.4, -0.2) is 37.5 Å². The maximum Gasteiger partial charge on any atom is 0.209 e. The summed E-state index contributed by atoms with van der Waals surface area (Å²) in [6.45, 7) is 0.919. The quantitative estimate of drug-likeness (QED) is 0.590. The summed E-state index contributed by atoms with van der Waals surface area (Å²) in [4.78, 5) is 12.3. The molecule has 0 aromatic carbocycles. The van der Waals surface area contributed by atoms with Gasteiger partial charge >= 0.3 is 0 Å². The van der Waals surface area contributed by atoms with Crippen LogP contribution >= 0.6 is 0 Å².